The van der Waals surface area contributed by atoms with Gasteiger partial charge in [0, 0.05) is 11.7 Å². The number of nitrogens with one attached hydrogen (secondary N) is 2. The lowest BCUT2D eigenvalue weighted by Gasteiger charge is -2.35. The topological polar surface area (TPSA) is 97.0 Å². The van der Waals surface area contributed by atoms with E-state index in [0.717, 1.165) is 17.5 Å². The second-order valence-electron chi connectivity index (χ2n) is 11.0. The average Bonchev–Trinajstić information content (AvgIpc) is 3.60. The molecule has 9 heteroatoms. The number of aryl methyl sites for hydroxylation is 1. The summed E-state index contributed by atoms with van der Waals surface area (Å²) >= 11 is 1.59. The Labute approximate surface area is 236 Å². The van der Waals surface area contributed by atoms with Gasteiger partial charge in [0.15, 0.2) is 0 Å². The molecule has 1 aliphatic rings. The average molecular weight is 556 g/mol. The number of anilines is 1. The lowest BCUT2D eigenvalue weighted by Crippen LogP contribution is -2.53. The Hall–Kier alpha value is -3.20. The molecule has 0 bridgehead atoms. The van der Waals surface area contributed by atoms with Crippen LogP contribution in [0.3, 0.4) is 0 Å². The van der Waals surface area contributed by atoms with E-state index in [-0.39, 0.29) is 23.8 Å². The van der Waals surface area contributed by atoms with Crippen molar-refractivity contribution in [2.45, 2.75) is 71.2 Å². The Morgan fingerprint density at radius 3 is 2.28 bits per heavy atom. The highest BCUT2D eigenvalue weighted by molar-refractivity contribution is 7.98. The van der Waals surface area contributed by atoms with Crippen molar-refractivity contribution < 1.29 is 23.9 Å². The first-order valence-electron chi connectivity index (χ1n) is 13.3. The third-order valence-electron chi connectivity index (χ3n) is 6.65. The summed E-state index contributed by atoms with van der Waals surface area (Å²) in [6.45, 7) is 9.34. The molecule has 212 valence electrons. The van der Waals surface area contributed by atoms with Crippen molar-refractivity contribution in [2.24, 2.45) is 5.92 Å². The predicted molar refractivity (Wildman–Crippen MR) is 156 cm³/mol. The van der Waals surface area contributed by atoms with Gasteiger partial charge < -0.3 is 25.0 Å². The number of thioether (sulfide) groups is 1. The van der Waals surface area contributed by atoms with Gasteiger partial charge in [0.25, 0.3) is 5.91 Å². The van der Waals surface area contributed by atoms with Crippen LogP contribution in [0.25, 0.3) is 0 Å². The van der Waals surface area contributed by atoms with Crippen LogP contribution >= 0.6 is 11.8 Å². The van der Waals surface area contributed by atoms with Crippen LogP contribution in [0.2, 0.25) is 0 Å². The third-order valence-corrected chi connectivity index (χ3v) is 7.29. The van der Waals surface area contributed by atoms with Crippen LogP contribution in [0, 0.1) is 12.8 Å². The van der Waals surface area contributed by atoms with Crippen LogP contribution in [-0.2, 0) is 14.3 Å². The molecular weight excluding hydrogens is 514 g/mol. The molecule has 39 heavy (non-hydrogen) atoms. The molecule has 0 spiro atoms. The summed E-state index contributed by atoms with van der Waals surface area (Å²) in [5, 5.41) is 5.80. The van der Waals surface area contributed by atoms with Gasteiger partial charge in [-0.3, -0.25) is 9.59 Å². The smallest absolute Gasteiger partial charge is 0.408 e. The molecule has 4 atom stereocenters. The van der Waals surface area contributed by atoms with E-state index in [4.69, 9.17) is 9.47 Å². The van der Waals surface area contributed by atoms with Gasteiger partial charge in [0.1, 0.15) is 23.4 Å². The molecular formula is C30H41N3O5S. The first-order chi connectivity index (χ1) is 18.4. The Morgan fingerprint density at radius 2 is 1.74 bits per heavy atom. The molecule has 0 heterocycles. The quantitative estimate of drug-likeness (QED) is 0.377. The molecule has 2 aromatic rings. The Kier molecular flexibility index (Phi) is 10.3. The number of amides is 3. The first-order valence-corrected chi connectivity index (χ1v) is 14.7. The van der Waals surface area contributed by atoms with Gasteiger partial charge in [-0.05, 0) is 93.9 Å². The van der Waals surface area contributed by atoms with Gasteiger partial charge in [0.2, 0.25) is 5.91 Å². The molecule has 0 radical (unpaired) electrons. The lowest BCUT2D eigenvalue weighted by molar-refractivity contribution is -0.141. The molecule has 3 amide bonds. The van der Waals surface area contributed by atoms with Crippen molar-refractivity contribution in [1.82, 2.24) is 10.2 Å². The minimum absolute atomic E-state index is 0.124. The molecule has 3 rings (SSSR count). The van der Waals surface area contributed by atoms with E-state index in [9.17, 15) is 14.4 Å². The van der Waals surface area contributed by atoms with Crippen molar-refractivity contribution in [1.29, 1.82) is 0 Å². The van der Waals surface area contributed by atoms with E-state index in [2.05, 4.69) is 17.6 Å². The summed E-state index contributed by atoms with van der Waals surface area (Å²) in [6.07, 6.45) is 2.50. The van der Waals surface area contributed by atoms with Gasteiger partial charge in [0.05, 0.1) is 7.11 Å². The highest BCUT2D eigenvalue weighted by Gasteiger charge is 2.48. The van der Waals surface area contributed by atoms with Crippen LogP contribution in [0.4, 0.5) is 10.5 Å². The first kappa shape index (κ1) is 30.3. The fourth-order valence-corrected chi connectivity index (χ4v) is 4.96. The zero-order chi connectivity index (χ0) is 28.7. The van der Waals surface area contributed by atoms with Gasteiger partial charge >= 0.3 is 6.09 Å². The number of methoxy groups -OCH3 is 1. The summed E-state index contributed by atoms with van der Waals surface area (Å²) in [7, 11) is 1.58. The van der Waals surface area contributed by atoms with Crippen molar-refractivity contribution in [2.75, 3.05) is 24.4 Å². The summed E-state index contributed by atoms with van der Waals surface area (Å²) in [5.41, 5.74) is 1.54. The molecule has 0 saturated heterocycles. The second kappa shape index (κ2) is 13.2. The minimum Gasteiger partial charge on any atom is -0.497 e. The zero-order valence-corrected chi connectivity index (χ0v) is 24.8. The molecule has 1 aliphatic carbocycles. The van der Waals surface area contributed by atoms with Crippen molar-refractivity contribution in [3.8, 4) is 5.75 Å². The number of ether oxygens (including phenoxy) is 2. The maximum Gasteiger partial charge on any atom is 0.408 e. The predicted octanol–water partition coefficient (Wildman–Crippen LogP) is 5.57. The molecule has 4 unspecified atom stereocenters. The lowest BCUT2D eigenvalue weighted by atomic mass is 9.97. The van der Waals surface area contributed by atoms with E-state index in [1.165, 1.54) is 0 Å². The van der Waals surface area contributed by atoms with Crippen molar-refractivity contribution in [3.63, 3.8) is 0 Å². The molecule has 2 N–H and O–H groups in total. The molecule has 1 fully saturated rings. The highest BCUT2D eigenvalue weighted by atomic mass is 32.2. The number of rotatable bonds is 11. The van der Waals surface area contributed by atoms with E-state index in [0.29, 0.717) is 23.6 Å². The molecule has 1 saturated carbocycles. The van der Waals surface area contributed by atoms with Crippen LogP contribution in [0.15, 0.2) is 48.5 Å². The van der Waals surface area contributed by atoms with Gasteiger partial charge in [-0.2, -0.15) is 11.8 Å². The number of nitrogens with zero attached hydrogens (tertiary/aromatic N) is 1. The van der Waals surface area contributed by atoms with Gasteiger partial charge in [-0.1, -0.05) is 31.2 Å². The normalized spacial score (nSPS) is 17.9. The van der Waals surface area contributed by atoms with Gasteiger partial charge in [-0.15, -0.1) is 0 Å². The number of carbonyl (C=O) groups is 3. The summed E-state index contributed by atoms with van der Waals surface area (Å²) in [6, 6.07) is 12.8. The van der Waals surface area contributed by atoms with Crippen molar-refractivity contribution in [3.05, 3.63) is 59.7 Å². The monoisotopic (exact) mass is 555 g/mol. The number of alkyl carbamates (subject to hydrolysis) is 1. The summed E-state index contributed by atoms with van der Waals surface area (Å²) < 4.78 is 10.7. The van der Waals surface area contributed by atoms with E-state index >= 15 is 0 Å². The Morgan fingerprint density at radius 1 is 1.10 bits per heavy atom. The second-order valence-corrected chi connectivity index (χ2v) is 12.0. The summed E-state index contributed by atoms with van der Waals surface area (Å²) in [4.78, 5) is 42.7. The van der Waals surface area contributed by atoms with Crippen LogP contribution in [0.5, 0.6) is 5.75 Å². The molecule has 0 aliphatic heterocycles. The fraction of sp³-hybridized carbons (Fsp3) is 0.500. The number of carbonyl (C=O) groups excluding carboxylic acids is 3. The molecule has 2 aromatic carbocycles. The minimum atomic E-state index is -0.882. The number of hydrogen-bond acceptors (Lipinski definition) is 6. The molecule has 0 aromatic heterocycles. The molecule has 8 nitrogen and oxygen atoms in total. The van der Waals surface area contributed by atoms with E-state index in [1.807, 2.05) is 37.4 Å². The van der Waals surface area contributed by atoms with Crippen LogP contribution in [-0.4, -0.2) is 59.6 Å². The van der Waals surface area contributed by atoms with Crippen molar-refractivity contribution >= 4 is 35.4 Å². The maximum atomic E-state index is 14.3. The fourth-order valence-electron chi connectivity index (χ4n) is 4.49. The number of benzene rings is 2. The van der Waals surface area contributed by atoms with Gasteiger partial charge in [-0.25, -0.2) is 4.79 Å². The largest absolute Gasteiger partial charge is 0.497 e. The Bertz CT molecular complexity index is 1150. The summed E-state index contributed by atoms with van der Waals surface area (Å²) in [5.74, 6) is 0.965. The highest BCUT2D eigenvalue weighted by Crippen LogP contribution is 2.41. The van der Waals surface area contributed by atoms with Crippen LogP contribution < -0.4 is 15.4 Å². The third kappa shape index (κ3) is 8.39. The SMILES string of the molecule is COc1ccc(NC(=O)C(c2ccccc2C)N(C(=O)C(CCSC)NC(=O)OC(C)(C)C)C2CC2C)cc1. The maximum absolute atomic E-state index is 14.3. The Balaban J connectivity index is 2.00. The number of hydrogen-bond donors (Lipinski definition) is 2. The van der Waals surface area contributed by atoms with E-state index < -0.39 is 23.8 Å². The standard InChI is InChI=1S/C30H41N3O5S/c1-19-10-8-9-11-23(19)26(27(34)31-21-12-14-22(37-6)15-13-21)33(25-18-20(25)2)28(35)24(16-17-39-7)32-29(36)38-30(3,4)5/h8-15,20,24-26H,16-18H2,1-7H3,(H,31,34)(H,32,36). The zero-order valence-electron chi connectivity index (χ0n) is 23.9. The van der Waals surface area contributed by atoms with E-state index in [1.54, 1.807) is 68.8 Å². The van der Waals surface area contributed by atoms with Crippen LogP contribution in [0.1, 0.15) is 57.7 Å².